The highest BCUT2D eigenvalue weighted by Gasteiger charge is 2.09. The smallest absolute Gasteiger partial charge is 0.328 e. The van der Waals surface area contributed by atoms with Crippen LogP contribution in [0.4, 0.5) is 0 Å². The third-order valence-electron chi connectivity index (χ3n) is 2.46. The summed E-state index contributed by atoms with van der Waals surface area (Å²) in [6.07, 6.45) is 18.9. The first kappa shape index (κ1) is 10.4. The summed E-state index contributed by atoms with van der Waals surface area (Å²) in [5.74, 6) is -0.625. The van der Waals surface area contributed by atoms with E-state index < -0.39 is 5.97 Å². The molecule has 0 aromatic carbocycles. The second-order valence-corrected chi connectivity index (χ2v) is 3.64. The fourth-order valence-corrected chi connectivity index (χ4v) is 1.69. The lowest BCUT2D eigenvalue weighted by molar-refractivity contribution is -0.131. The van der Waals surface area contributed by atoms with Crippen LogP contribution >= 0.6 is 0 Å². The van der Waals surface area contributed by atoms with Gasteiger partial charge in [0.25, 0.3) is 0 Å². The van der Waals surface area contributed by atoms with Gasteiger partial charge in [0, 0.05) is 12.0 Å². The van der Waals surface area contributed by atoms with Gasteiger partial charge in [0.1, 0.15) is 0 Å². The highest BCUT2D eigenvalue weighted by Crippen LogP contribution is 2.24. The number of fused-ring (bicyclic) bond motifs is 1. The SMILES string of the molecule is O=C(O)C=CC1=CC=CC2C=CC=CC2=C1. The van der Waals surface area contributed by atoms with Gasteiger partial charge in [0.05, 0.1) is 0 Å². The molecule has 0 amide bonds. The summed E-state index contributed by atoms with van der Waals surface area (Å²) < 4.78 is 0. The number of carboxylic acid groups (broad SMARTS) is 1. The van der Waals surface area contributed by atoms with Crippen LogP contribution in [-0.4, -0.2) is 11.1 Å². The van der Waals surface area contributed by atoms with Crippen molar-refractivity contribution in [3.05, 3.63) is 71.9 Å². The lowest BCUT2D eigenvalue weighted by atomic mass is 9.94. The molecule has 0 spiro atoms. The average molecular weight is 212 g/mol. The maximum atomic E-state index is 10.4. The Hall–Kier alpha value is -2.09. The summed E-state index contributed by atoms with van der Waals surface area (Å²) in [4.78, 5) is 10.4. The van der Waals surface area contributed by atoms with Gasteiger partial charge in [0.2, 0.25) is 0 Å². The Bertz CT molecular complexity index is 471. The second-order valence-electron chi connectivity index (χ2n) is 3.64. The van der Waals surface area contributed by atoms with Gasteiger partial charge in [0.15, 0.2) is 0 Å². The molecular formula is C14H12O2. The van der Waals surface area contributed by atoms with Crippen molar-refractivity contribution in [2.24, 2.45) is 5.92 Å². The van der Waals surface area contributed by atoms with E-state index in [0.717, 1.165) is 11.6 Å². The maximum Gasteiger partial charge on any atom is 0.328 e. The Kier molecular flexibility index (Phi) is 3.01. The van der Waals surface area contributed by atoms with Gasteiger partial charge in [-0.2, -0.15) is 0 Å². The Morgan fingerprint density at radius 2 is 2.06 bits per heavy atom. The summed E-state index contributed by atoms with van der Waals surface area (Å²) >= 11 is 0. The van der Waals surface area contributed by atoms with Gasteiger partial charge in [-0.15, -0.1) is 0 Å². The summed E-state index contributed by atoms with van der Waals surface area (Å²) in [5, 5.41) is 8.57. The molecular weight excluding hydrogens is 200 g/mol. The molecule has 2 heteroatoms. The number of hydrogen-bond acceptors (Lipinski definition) is 1. The minimum Gasteiger partial charge on any atom is -0.478 e. The van der Waals surface area contributed by atoms with E-state index in [4.69, 9.17) is 5.11 Å². The first-order valence-electron chi connectivity index (χ1n) is 5.12. The molecule has 0 aromatic rings. The molecule has 1 atom stereocenters. The molecule has 0 saturated heterocycles. The van der Waals surface area contributed by atoms with Crippen molar-refractivity contribution < 1.29 is 9.90 Å². The van der Waals surface area contributed by atoms with Crippen LogP contribution in [0.2, 0.25) is 0 Å². The van der Waals surface area contributed by atoms with E-state index in [2.05, 4.69) is 12.2 Å². The van der Waals surface area contributed by atoms with Gasteiger partial charge in [-0.1, -0.05) is 48.6 Å². The van der Waals surface area contributed by atoms with E-state index in [0.29, 0.717) is 5.92 Å². The molecule has 1 unspecified atom stereocenters. The molecule has 2 nitrogen and oxygen atoms in total. The molecule has 0 fully saturated rings. The van der Waals surface area contributed by atoms with Crippen molar-refractivity contribution in [3.63, 3.8) is 0 Å². The lowest BCUT2D eigenvalue weighted by Gasteiger charge is -2.11. The van der Waals surface area contributed by atoms with E-state index >= 15 is 0 Å². The summed E-state index contributed by atoms with van der Waals surface area (Å²) in [7, 11) is 0. The normalized spacial score (nSPS) is 22.6. The first-order chi connectivity index (χ1) is 7.75. The van der Waals surface area contributed by atoms with E-state index in [1.807, 2.05) is 36.5 Å². The molecule has 0 radical (unpaired) electrons. The van der Waals surface area contributed by atoms with Crippen LogP contribution in [0.3, 0.4) is 0 Å². The van der Waals surface area contributed by atoms with E-state index in [1.54, 1.807) is 6.08 Å². The molecule has 2 aliphatic carbocycles. The molecule has 80 valence electrons. The fourth-order valence-electron chi connectivity index (χ4n) is 1.69. The molecule has 0 aromatic heterocycles. The third-order valence-corrected chi connectivity index (χ3v) is 2.46. The van der Waals surface area contributed by atoms with Crippen molar-refractivity contribution >= 4 is 5.97 Å². The minimum absolute atomic E-state index is 0.303. The molecule has 0 bridgehead atoms. The number of hydrogen-bond donors (Lipinski definition) is 1. The number of allylic oxidation sites excluding steroid dienone is 11. The molecule has 0 saturated carbocycles. The molecule has 16 heavy (non-hydrogen) atoms. The largest absolute Gasteiger partial charge is 0.478 e. The topological polar surface area (TPSA) is 37.3 Å². The molecule has 0 heterocycles. The van der Waals surface area contributed by atoms with Crippen LogP contribution < -0.4 is 0 Å². The van der Waals surface area contributed by atoms with Gasteiger partial charge < -0.3 is 5.11 Å². The quantitative estimate of drug-likeness (QED) is 0.714. The third kappa shape index (κ3) is 2.48. The molecule has 0 aliphatic heterocycles. The summed E-state index contributed by atoms with van der Waals surface area (Å²) in [6, 6.07) is 0. The van der Waals surface area contributed by atoms with Crippen molar-refractivity contribution in [2.45, 2.75) is 0 Å². The predicted octanol–water partition coefficient (Wildman–Crippen LogP) is 2.79. The Morgan fingerprint density at radius 3 is 2.88 bits per heavy atom. The van der Waals surface area contributed by atoms with E-state index in [1.165, 1.54) is 5.57 Å². The van der Waals surface area contributed by atoms with Gasteiger partial charge in [-0.25, -0.2) is 4.79 Å². The highest BCUT2D eigenvalue weighted by molar-refractivity contribution is 5.80. The number of carbonyl (C=O) groups is 1. The fraction of sp³-hybridized carbons (Fsp3) is 0.0714. The summed E-state index contributed by atoms with van der Waals surface area (Å²) in [6.45, 7) is 0. The van der Waals surface area contributed by atoms with Crippen LogP contribution in [0.1, 0.15) is 0 Å². The molecule has 1 N–H and O–H groups in total. The van der Waals surface area contributed by atoms with Crippen LogP contribution in [0, 0.1) is 5.92 Å². The zero-order valence-corrected chi connectivity index (χ0v) is 8.71. The second kappa shape index (κ2) is 4.62. The number of aliphatic carboxylic acids is 1. The van der Waals surface area contributed by atoms with Gasteiger partial charge in [-0.05, 0) is 17.2 Å². The van der Waals surface area contributed by atoms with Gasteiger partial charge in [-0.3, -0.25) is 0 Å². The monoisotopic (exact) mass is 212 g/mol. The predicted molar refractivity (Wildman–Crippen MR) is 63.9 cm³/mol. The molecule has 2 aliphatic rings. The van der Waals surface area contributed by atoms with Crippen LogP contribution in [-0.2, 0) is 4.79 Å². The zero-order valence-electron chi connectivity index (χ0n) is 8.71. The number of carboxylic acids is 1. The Balaban J connectivity index is 2.26. The minimum atomic E-state index is -0.928. The maximum absolute atomic E-state index is 10.4. The van der Waals surface area contributed by atoms with Crippen LogP contribution in [0.5, 0.6) is 0 Å². The first-order valence-corrected chi connectivity index (χ1v) is 5.12. The standard InChI is InChI=1S/C14H12O2/c15-14(16)9-8-11-4-3-7-12-5-1-2-6-13(12)10-11/h1-10,12H,(H,15,16). The summed E-state index contributed by atoms with van der Waals surface area (Å²) in [5.41, 5.74) is 2.08. The van der Waals surface area contributed by atoms with Crippen molar-refractivity contribution in [3.8, 4) is 0 Å². The lowest BCUT2D eigenvalue weighted by Crippen LogP contribution is -1.97. The van der Waals surface area contributed by atoms with Crippen molar-refractivity contribution in [1.29, 1.82) is 0 Å². The highest BCUT2D eigenvalue weighted by atomic mass is 16.4. The van der Waals surface area contributed by atoms with Gasteiger partial charge >= 0.3 is 5.97 Å². The van der Waals surface area contributed by atoms with E-state index in [-0.39, 0.29) is 0 Å². The van der Waals surface area contributed by atoms with Crippen LogP contribution in [0.15, 0.2) is 71.9 Å². The number of rotatable bonds is 2. The van der Waals surface area contributed by atoms with E-state index in [9.17, 15) is 4.79 Å². The van der Waals surface area contributed by atoms with Crippen molar-refractivity contribution in [2.75, 3.05) is 0 Å². The average Bonchev–Trinajstić information content (AvgIpc) is 2.47. The molecule has 2 rings (SSSR count). The Labute approximate surface area is 94.3 Å². The zero-order chi connectivity index (χ0) is 11.4. The Morgan fingerprint density at radius 1 is 1.25 bits per heavy atom. The van der Waals surface area contributed by atoms with Crippen molar-refractivity contribution in [1.82, 2.24) is 0 Å². The van der Waals surface area contributed by atoms with Crippen LogP contribution in [0.25, 0.3) is 0 Å².